The van der Waals surface area contributed by atoms with Gasteiger partial charge in [0.2, 0.25) is 0 Å². The Morgan fingerprint density at radius 3 is 2.47 bits per heavy atom. The zero-order valence-electron chi connectivity index (χ0n) is 11.3. The molecule has 0 aromatic heterocycles. The predicted molar refractivity (Wildman–Crippen MR) is 89.3 cm³/mol. The average Bonchev–Trinajstić information content (AvgIpc) is 2.36. The third-order valence-electron chi connectivity index (χ3n) is 2.31. The Bertz CT molecular complexity index is 382. The molecule has 2 N–H and O–H groups in total. The van der Waals surface area contributed by atoms with E-state index in [1.54, 1.807) is 11.8 Å². The van der Waals surface area contributed by atoms with Crippen molar-refractivity contribution < 1.29 is 0 Å². The van der Waals surface area contributed by atoms with Crippen molar-refractivity contribution in [3.8, 4) is 0 Å². The fraction of sp³-hybridized carbons (Fsp3) is 0.462. The summed E-state index contributed by atoms with van der Waals surface area (Å²) < 4.78 is 0. The van der Waals surface area contributed by atoms with Gasteiger partial charge in [-0.25, -0.2) is 0 Å². The van der Waals surface area contributed by atoms with Gasteiger partial charge in [-0.2, -0.15) is 0 Å². The molecule has 1 rings (SSSR count). The summed E-state index contributed by atoms with van der Waals surface area (Å²) >= 11 is 12.8. The first kappa shape index (κ1) is 16.6. The van der Waals surface area contributed by atoms with Crippen LogP contribution in [0, 0.1) is 0 Å². The molecule has 19 heavy (non-hydrogen) atoms. The number of thiocarbonyl (C=S) groups is 1. The third-order valence-corrected chi connectivity index (χ3v) is 3.87. The molecular weight excluding hydrogens is 298 g/mol. The lowest BCUT2D eigenvalue weighted by Crippen LogP contribution is -2.39. The molecule has 0 saturated carbocycles. The van der Waals surface area contributed by atoms with Gasteiger partial charge in [0.05, 0.1) is 0 Å². The van der Waals surface area contributed by atoms with Gasteiger partial charge in [0, 0.05) is 35.3 Å². The Balaban J connectivity index is 2.07. The van der Waals surface area contributed by atoms with Crippen LogP contribution in [0.4, 0.5) is 0 Å². The Hall–Kier alpha value is -0.490. The zero-order valence-corrected chi connectivity index (χ0v) is 13.7. The lowest BCUT2D eigenvalue weighted by atomic mass is 10.4. The van der Waals surface area contributed by atoms with Gasteiger partial charge in [-0.15, -0.1) is 11.8 Å². The van der Waals surface area contributed by atoms with E-state index in [-0.39, 0.29) is 0 Å². The summed E-state index contributed by atoms with van der Waals surface area (Å²) in [7, 11) is 4.09. The number of thioether (sulfide) groups is 1. The van der Waals surface area contributed by atoms with Gasteiger partial charge in [-0.1, -0.05) is 11.6 Å². The summed E-state index contributed by atoms with van der Waals surface area (Å²) in [6, 6.07) is 7.87. The predicted octanol–water partition coefficient (Wildman–Crippen LogP) is 2.46. The number of hydrogen-bond donors (Lipinski definition) is 2. The highest BCUT2D eigenvalue weighted by Crippen LogP contribution is 2.19. The molecule has 0 aliphatic carbocycles. The second-order valence-corrected chi connectivity index (χ2v) is 6.30. The molecule has 0 radical (unpaired) electrons. The Labute approximate surface area is 130 Å². The molecule has 6 heteroatoms. The fourth-order valence-corrected chi connectivity index (χ4v) is 2.42. The monoisotopic (exact) mass is 317 g/mol. The summed E-state index contributed by atoms with van der Waals surface area (Å²) in [5, 5.41) is 7.86. The van der Waals surface area contributed by atoms with E-state index in [4.69, 9.17) is 23.8 Å². The maximum atomic E-state index is 5.83. The second kappa shape index (κ2) is 9.42. The van der Waals surface area contributed by atoms with E-state index in [2.05, 4.69) is 15.5 Å². The van der Waals surface area contributed by atoms with E-state index in [1.807, 2.05) is 38.4 Å². The highest BCUT2D eigenvalue weighted by Gasteiger charge is 1.97. The standard InChI is InChI=1S/C13H20ClN3S2/c1-17(2)9-7-15-13(18)16-8-10-19-12-5-3-11(14)4-6-12/h3-6H,7-10H2,1-2H3,(H2,15,16,18). The van der Waals surface area contributed by atoms with Crippen LogP contribution in [0.5, 0.6) is 0 Å². The molecule has 0 aliphatic heterocycles. The Kier molecular flexibility index (Phi) is 8.21. The van der Waals surface area contributed by atoms with Crippen LogP contribution in [0.1, 0.15) is 0 Å². The summed E-state index contributed by atoms with van der Waals surface area (Å²) in [5.74, 6) is 0.969. The van der Waals surface area contributed by atoms with E-state index in [9.17, 15) is 0 Å². The Morgan fingerprint density at radius 1 is 1.21 bits per heavy atom. The number of rotatable bonds is 7. The zero-order chi connectivity index (χ0) is 14.1. The minimum absolute atomic E-state index is 0.721. The molecule has 0 saturated heterocycles. The third kappa shape index (κ3) is 8.31. The molecule has 0 heterocycles. The lowest BCUT2D eigenvalue weighted by molar-refractivity contribution is 0.412. The molecular formula is C13H20ClN3S2. The van der Waals surface area contributed by atoms with Crippen molar-refractivity contribution in [1.82, 2.24) is 15.5 Å². The number of likely N-dealkylation sites (N-methyl/N-ethyl adjacent to an activating group) is 1. The van der Waals surface area contributed by atoms with Gasteiger partial charge in [0.15, 0.2) is 5.11 Å². The largest absolute Gasteiger partial charge is 0.362 e. The van der Waals surface area contributed by atoms with Gasteiger partial charge in [-0.05, 0) is 50.6 Å². The van der Waals surface area contributed by atoms with Crippen LogP contribution in [0.3, 0.4) is 0 Å². The van der Waals surface area contributed by atoms with E-state index >= 15 is 0 Å². The maximum Gasteiger partial charge on any atom is 0.166 e. The average molecular weight is 318 g/mol. The number of nitrogens with one attached hydrogen (secondary N) is 2. The lowest BCUT2D eigenvalue weighted by Gasteiger charge is -2.13. The van der Waals surface area contributed by atoms with Crippen molar-refractivity contribution in [1.29, 1.82) is 0 Å². The molecule has 0 fully saturated rings. The second-order valence-electron chi connectivity index (χ2n) is 4.29. The van der Waals surface area contributed by atoms with Gasteiger partial charge < -0.3 is 15.5 Å². The molecule has 3 nitrogen and oxygen atoms in total. The van der Waals surface area contributed by atoms with Crippen LogP contribution >= 0.6 is 35.6 Å². The van der Waals surface area contributed by atoms with Crippen LogP contribution in [0.25, 0.3) is 0 Å². The van der Waals surface area contributed by atoms with Crippen molar-refractivity contribution >= 4 is 40.7 Å². The van der Waals surface area contributed by atoms with Gasteiger partial charge in [0.1, 0.15) is 0 Å². The molecule has 1 aromatic rings. The van der Waals surface area contributed by atoms with E-state index in [0.29, 0.717) is 0 Å². The molecule has 0 spiro atoms. The molecule has 0 amide bonds. The van der Waals surface area contributed by atoms with Crippen LogP contribution in [-0.4, -0.2) is 49.5 Å². The first-order chi connectivity index (χ1) is 9.08. The molecule has 106 valence electrons. The normalized spacial score (nSPS) is 10.5. The number of hydrogen-bond acceptors (Lipinski definition) is 3. The minimum Gasteiger partial charge on any atom is -0.362 e. The quantitative estimate of drug-likeness (QED) is 0.458. The first-order valence-electron chi connectivity index (χ1n) is 6.13. The summed E-state index contributed by atoms with van der Waals surface area (Å²) in [6.45, 7) is 2.69. The van der Waals surface area contributed by atoms with Crippen molar-refractivity contribution in [3.63, 3.8) is 0 Å². The summed E-state index contributed by atoms with van der Waals surface area (Å²) in [6.07, 6.45) is 0. The van der Waals surface area contributed by atoms with Crippen LogP contribution in [0.15, 0.2) is 29.2 Å². The van der Waals surface area contributed by atoms with E-state index in [1.165, 1.54) is 4.90 Å². The summed E-state index contributed by atoms with van der Waals surface area (Å²) in [4.78, 5) is 3.34. The fourth-order valence-electron chi connectivity index (χ4n) is 1.32. The van der Waals surface area contributed by atoms with Crippen LogP contribution < -0.4 is 10.6 Å². The molecule has 0 aliphatic rings. The van der Waals surface area contributed by atoms with E-state index < -0.39 is 0 Å². The highest BCUT2D eigenvalue weighted by atomic mass is 35.5. The number of halogens is 1. The smallest absolute Gasteiger partial charge is 0.166 e. The van der Waals surface area contributed by atoms with E-state index in [0.717, 1.165) is 35.5 Å². The van der Waals surface area contributed by atoms with Crippen LogP contribution in [-0.2, 0) is 0 Å². The van der Waals surface area contributed by atoms with Crippen LogP contribution in [0.2, 0.25) is 5.02 Å². The molecule has 0 bridgehead atoms. The summed E-state index contributed by atoms with van der Waals surface area (Å²) in [5.41, 5.74) is 0. The highest BCUT2D eigenvalue weighted by molar-refractivity contribution is 7.99. The van der Waals surface area contributed by atoms with Crippen molar-refractivity contribution in [2.45, 2.75) is 4.90 Å². The van der Waals surface area contributed by atoms with Gasteiger partial charge >= 0.3 is 0 Å². The topological polar surface area (TPSA) is 27.3 Å². The minimum atomic E-state index is 0.721. The molecule has 1 aromatic carbocycles. The molecule has 0 atom stereocenters. The van der Waals surface area contributed by atoms with Crippen molar-refractivity contribution in [2.24, 2.45) is 0 Å². The molecule has 0 unspecified atom stereocenters. The van der Waals surface area contributed by atoms with Gasteiger partial charge in [0.25, 0.3) is 0 Å². The number of nitrogens with zero attached hydrogens (tertiary/aromatic N) is 1. The SMILES string of the molecule is CN(C)CCNC(=S)NCCSc1ccc(Cl)cc1. The number of benzene rings is 1. The maximum absolute atomic E-state index is 5.83. The Morgan fingerprint density at radius 2 is 1.84 bits per heavy atom. The first-order valence-corrected chi connectivity index (χ1v) is 7.90. The van der Waals surface area contributed by atoms with Crippen molar-refractivity contribution in [3.05, 3.63) is 29.3 Å². The van der Waals surface area contributed by atoms with Gasteiger partial charge in [-0.3, -0.25) is 0 Å². The van der Waals surface area contributed by atoms with Crippen molar-refractivity contribution in [2.75, 3.05) is 39.5 Å².